The molecule has 7 heteroatoms. The van der Waals surface area contributed by atoms with Gasteiger partial charge in [0.15, 0.2) is 0 Å². The predicted octanol–water partition coefficient (Wildman–Crippen LogP) is 4.70. The molecule has 1 amide bonds. The van der Waals surface area contributed by atoms with Gasteiger partial charge in [-0.3, -0.25) is 4.79 Å². The predicted molar refractivity (Wildman–Crippen MR) is 89.1 cm³/mol. The molecule has 0 aliphatic heterocycles. The number of anilines is 1. The fourth-order valence-electron chi connectivity index (χ4n) is 1.93. The van der Waals surface area contributed by atoms with Crippen molar-refractivity contribution in [1.82, 2.24) is 0 Å². The minimum absolute atomic E-state index is 0.00255. The lowest BCUT2D eigenvalue weighted by molar-refractivity contribution is 0.0602. The molecule has 0 atom stereocenters. The van der Waals surface area contributed by atoms with Crippen LogP contribution in [0.4, 0.5) is 9.39 Å². The van der Waals surface area contributed by atoms with E-state index in [0.717, 1.165) is 10.9 Å². The molecular weight excluding hydrogens is 341 g/mol. The number of nitrogens with one attached hydrogen (secondary N) is 1. The number of ether oxygens (including phenoxy) is 1. The number of methoxy groups -OCH3 is 1. The number of hydrogen-bond donors (Lipinski definition) is 1. The van der Waals surface area contributed by atoms with Gasteiger partial charge in [0, 0.05) is 4.88 Å². The summed E-state index contributed by atoms with van der Waals surface area (Å²) < 4.78 is 18.5. The largest absolute Gasteiger partial charge is 0.465 e. The van der Waals surface area contributed by atoms with Crippen molar-refractivity contribution in [3.05, 3.63) is 51.1 Å². The Bertz CT molecular complexity index is 738. The number of carbonyl (C=O) groups is 2. The number of carbonyl (C=O) groups excluding carboxylic acids is 2. The van der Waals surface area contributed by atoms with Crippen molar-refractivity contribution in [3.63, 3.8) is 0 Å². The Morgan fingerprint density at radius 1 is 1.35 bits per heavy atom. The van der Waals surface area contributed by atoms with E-state index in [1.54, 1.807) is 6.07 Å². The van der Waals surface area contributed by atoms with Crippen LogP contribution in [0.3, 0.4) is 0 Å². The maximum absolute atomic E-state index is 13.8. The molecule has 0 saturated heterocycles. The molecule has 1 N–H and O–H groups in total. The molecule has 2 rings (SSSR count). The summed E-state index contributed by atoms with van der Waals surface area (Å²) in [6.07, 6.45) is 0. The molecule has 0 radical (unpaired) electrons. The average molecular weight is 356 g/mol. The highest BCUT2D eigenvalue weighted by Crippen LogP contribution is 2.34. The quantitative estimate of drug-likeness (QED) is 0.808. The van der Waals surface area contributed by atoms with Gasteiger partial charge in [-0.15, -0.1) is 11.3 Å². The van der Waals surface area contributed by atoms with Crippen molar-refractivity contribution in [1.29, 1.82) is 0 Å². The lowest BCUT2D eigenvalue weighted by Crippen LogP contribution is -2.15. The number of esters is 1. The monoisotopic (exact) mass is 355 g/mol. The number of halogens is 2. The Labute approximate surface area is 142 Å². The molecule has 1 heterocycles. The summed E-state index contributed by atoms with van der Waals surface area (Å²) in [5.74, 6) is -1.83. The van der Waals surface area contributed by atoms with Crippen LogP contribution in [0.5, 0.6) is 0 Å². The van der Waals surface area contributed by atoms with Crippen LogP contribution in [0.25, 0.3) is 0 Å². The van der Waals surface area contributed by atoms with E-state index in [1.165, 1.54) is 30.6 Å². The van der Waals surface area contributed by atoms with Crippen LogP contribution in [-0.2, 0) is 4.74 Å². The average Bonchev–Trinajstić information content (AvgIpc) is 2.90. The van der Waals surface area contributed by atoms with E-state index in [1.807, 2.05) is 13.8 Å². The van der Waals surface area contributed by atoms with Crippen LogP contribution in [0.2, 0.25) is 5.02 Å². The van der Waals surface area contributed by atoms with Gasteiger partial charge in [-0.25, -0.2) is 9.18 Å². The summed E-state index contributed by atoms with van der Waals surface area (Å²) in [6.45, 7) is 3.93. The van der Waals surface area contributed by atoms with Crippen molar-refractivity contribution in [2.24, 2.45) is 0 Å². The van der Waals surface area contributed by atoms with Gasteiger partial charge in [0.25, 0.3) is 5.91 Å². The molecule has 0 aliphatic carbocycles. The molecule has 2 aromatic rings. The summed E-state index contributed by atoms with van der Waals surface area (Å²) in [7, 11) is 1.26. The van der Waals surface area contributed by atoms with Crippen LogP contribution < -0.4 is 5.32 Å². The van der Waals surface area contributed by atoms with Crippen LogP contribution in [-0.4, -0.2) is 19.0 Å². The first kappa shape index (κ1) is 17.4. The van der Waals surface area contributed by atoms with Gasteiger partial charge >= 0.3 is 5.97 Å². The molecule has 122 valence electrons. The lowest BCUT2D eigenvalue weighted by atomic mass is 10.1. The lowest BCUT2D eigenvalue weighted by Gasteiger charge is -2.07. The minimum atomic E-state index is -0.727. The molecule has 0 bridgehead atoms. The summed E-state index contributed by atoms with van der Waals surface area (Å²) in [5.41, 5.74) is -0.0218. The van der Waals surface area contributed by atoms with Crippen LogP contribution >= 0.6 is 22.9 Å². The maximum atomic E-state index is 13.8. The number of hydrogen-bond acceptors (Lipinski definition) is 4. The van der Waals surface area contributed by atoms with Crippen molar-refractivity contribution in [3.8, 4) is 0 Å². The highest BCUT2D eigenvalue weighted by molar-refractivity contribution is 7.16. The van der Waals surface area contributed by atoms with Crippen LogP contribution in [0.15, 0.2) is 24.3 Å². The summed E-state index contributed by atoms with van der Waals surface area (Å²) in [5, 5.41) is 2.87. The van der Waals surface area contributed by atoms with Gasteiger partial charge in [-0.1, -0.05) is 31.5 Å². The van der Waals surface area contributed by atoms with Crippen molar-refractivity contribution in [2.75, 3.05) is 12.4 Å². The standard InChI is InChI=1S/C16H15ClFNO3S/c1-8(2)12-7-9(16(21)22-3)15(23-12)19-14(20)13-10(17)5-4-6-11(13)18/h4-8H,1-3H3,(H,19,20). The molecule has 0 saturated carbocycles. The zero-order valence-corrected chi connectivity index (χ0v) is 14.3. The maximum Gasteiger partial charge on any atom is 0.340 e. The molecule has 0 spiro atoms. The molecule has 1 aromatic carbocycles. The van der Waals surface area contributed by atoms with Gasteiger partial charge in [0.2, 0.25) is 0 Å². The summed E-state index contributed by atoms with van der Waals surface area (Å²) >= 11 is 7.13. The zero-order chi connectivity index (χ0) is 17.1. The summed E-state index contributed by atoms with van der Waals surface area (Å²) in [6, 6.07) is 5.65. The molecule has 23 heavy (non-hydrogen) atoms. The van der Waals surface area contributed by atoms with Gasteiger partial charge in [-0.05, 0) is 24.1 Å². The molecule has 1 aromatic heterocycles. The Morgan fingerprint density at radius 3 is 2.61 bits per heavy atom. The highest BCUT2D eigenvalue weighted by Gasteiger charge is 2.22. The van der Waals surface area contributed by atoms with Gasteiger partial charge in [0.05, 0.1) is 23.3 Å². The number of amides is 1. The molecular formula is C16H15ClFNO3S. The second-order valence-electron chi connectivity index (χ2n) is 5.09. The number of rotatable bonds is 4. The zero-order valence-electron chi connectivity index (χ0n) is 12.8. The SMILES string of the molecule is COC(=O)c1cc(C(C)C)sc1NC(=O)c1c(F)cccc1Cl. The van der Waals surface area contributed by atoms with Crippen molar-refractivity contribution < 1.29 is 18.7 Å². The van der Waals surface area contributed by atoms with Crippen LogP contribution in [0, 0.1) is 5.82 Å². The minimum Gasteiger partial charge on any atom is -0.465 e. The Balaban J connectivity index is 2.39. The smallest absolute Gasteiger partial charge is 0.340 e. The van der Waals surface area contributed by atoms with Gasteiger partial charge in [-0.2, -0.15) is 0 Å². The third kappa shape index (κ3) is 3.71. The number of thiophene rings is 1. The van der Waals surface area contributed by atoms with Crippen molar-refractivity contribution >= 4 is 39.8 Å². The Hall–Kier alpha value is -1.92. The highest BCUT2D eigenvalue weighted by atomic mass is 35.5. The topological polar surface area (TPSA) is 55.4 Å². The Kier molecular flexibility index (Phi) is 5.38. The molecule has 0 fully saturated rings. The first-order valence-corrected chi connectivity index (χ1v) is 8.02. The van der Waals surface area contributed by atoms with Crippen molar-refractivity contribution in [2.45, 2.75) is 19.8 Å². The van der Waals surface area contributed by atoms with Gasteiger partial charge in [0.1, 0.15) is 10.8 Å². The van der Waals surface area contributed by atoms with E-state index in [-0.39, 0.29) is 22.1 Å². The fraction of sp³-hybridized carbons (Fsp3) is 0.250. The fourth-order valence-corrected chi connectivity index (χ4v) is 3.22. The van der Waals surface area contributed by atoms with Gasteiger partial charge < -0.3 is 10.1 Å². The molecule has 0 aliphatic rings. The second kappa shape index (κ2) is 7.10. The van der Waals surface area contributed by atoms with E-state index in [9.17, 15) is 14.0 Å². The van der Waals surface area contributed by atoms with E-state index in [4.69, 9.17) is 16.3 Å². The van der Waals surface area contributed by atoms with Crippen LogP contribution in [0.1, 0.15) is 45.4 Å². The Morgan fingerprint density at radius 2 is 2.04 bits per heavy atom. The van der Waals surface area contributed by atoms with E-state index in [2.05, 4.69) is 5.32 Å². The molecule has 0 unspecified atom stereocenters. The first-order chi connectivity index (χ1) is 10.8. The normalized spacial score (nSPS) is 10.7. The third-order valence-corrected chi connectivity index (χ3v) is 4.81. The third-order valence-electron chi connectivity index (χ3n) is 3.14. The van der Waals surface area contributed by atoms with E-state index >= 15 is 0 Å². The second-order valence-corrected chi connectivity index (χ2v) is 6.58. The summed E-state index contributed by atoms with van der Waals surface area (Å²) in [4.78, 5) is 25.1. The van der Waals surface area contributed by atoms with E-state index < -0.39 is 17.7 Å². The number of benzene rings is 1. The van der Waals surface area contributed by atoms with E-state index in [0.29, 0.717) is 5.00 Å². The molecule has 4 nitrogen and oxygen atoms in total. The first-order valence-electron chi connectivity index (χ1n) is 6.82.